The number of phenols is 1. The molecule has 4 aromatic carbocycles. The van der Waals surface area contributed by atoms with E-state index in [1.54, 1.807) is 6.07 Å². The van der Waals surface area contributed by atoms with Crippen LogP contribution in [-0.4, -0.2) is 68.8 Å². The summed E-state index contributed by atoms with van der Waals surface area (Å²) in [6.45, 7) is 4.48. The summed E-state index contributed by atoms with van der Waals surface area (Å²) in [6, 6.07) is 21.9. The third kappa shape index (κ3) is 21.9. The van der Waals surface area contributed by atoms with Gasteiger partial charge in [0.05, 0.1) is 9.79 Å². The van der Waals surface area contributed by atoms with E-state index in [2.05, 4.69) is 13.8 Å². The molecular weight excluding hydrogens is 841 g/mol. The fourth-order valence-electron chi connectivity index (χ4n) is 6.93. The Bertz CT molecular complexity index is 1910. The SMILES string of the molecule is CCCCCCCCCCCCc1ccccc1Oc1ccc(S(=O)(=O)O)cc1O.CCCCCCCCCCCCc1ccccc1Oc1ccc(S(=O)(=O)[O-])cc1[O-].[Ca+2]. The van der Waals surface area contributed by atoms with Gasteiger partial charge in [0.15, 0.2) is 11.5 Å². The van der Waals surface area contributed by atoms with Crippen LogP contribution in [-0.2, 0) is 33.1 Å². The summed E-state index contributed by atoms with van der Waals surface area (Å²) in [5.41, 5.74) is 2.06. The number of hydrogen-bond acceptors (Lipinski definition) is 9. The van der Waals surface area contributed by atoms with Crippen LogP contribution in [0.15, 0.2) is 94.7 Å². The van der Waals surface area contributed by atoms with Gasteiger partial charge in [0.1, 0.15) is 27.4 Å². The summed E-state index contributed by atoms with van der Waals surface area (Å²) in [7, 11) is -9.02. The fraction of sp³-hybridized carbons (Fsp3) is 0.500. The number of aryl methyl sites for hydroxylation is 2. The molecule has 0 saturated carbocycles. The normalized spacial score (nSPS) is 11.3. The Morgan fingerprint density at radius 3 is 1.26 bits per heavy atom. The van der Waals surface area contributed by atoms with Gasteiger partial charge in [0.25, 0.3) is 10.1 Å². The minimum Gasteiger partial charge on any atom is -0.870 e. The topological polar surface area (TPSA) is 173 Å². The molecule has 0 aliphatic rings. The number of unbranched alkanes of at least 4 members (excludes halogenated alkanes) is 18. The largest absolute Gasteiger partial charge is 2.00 e. The Kier molecular flexibility index (Phi) is 27.0. The van der Waals surface area contributed by atoms with Gasteiger partial charge in [-0.15, -0.1) is 0 Å². The van der Waals surface area contributed by atoms with Crippen LogP contribution in [0.1, 0.15) is 153 Å². The number of benzene rings is 4. The van der Waals surface area contributed by atoms with Crippen LogP contribution in [0.4, 0.5) is 0 Å². The van der Waals surface area contributed by atoms with Gasteiger partial charge in [0, 0.05) is 6.07 Å². The van der Waals surface area contributed by atoms with Crippen LogP contribution in [0.3, 0.4) is 0 Å². The van der Waals surface area contributed by atoms with Gasteiger partial charge in [-0.2, -0.15) is 8.42 Å². The van der Waals surface area contributed by atoms with E-state index in [-0.39, 0.29) is 59.9 Å². The Morgan fingerprint density at radius 1 is 0.492 bits per heavy atom. The molecule has 0 unspecified atom stereocenters. The van der Waals surface area contributed by atoms with Crippen molar-refractivity contribution in [3.05, 3.63) is 96.1 Å². The summed E-state index contributed by atoms with van der Waals surface area (Å²) < 4.78 is 76.1. The molecule has 332 valence electrons. The van der Waals surface area contributed by atoms with E-state index in [1.807, 2.05) is 42.5 Å². The molecule has 0 aliphatic heterocycles. The van der Waals surface area contributed by atoms with E-state index < -0.39 is 30.9 Å². The first-order valence-electron chi connectivity index (χ1n) is 21.9. The van der Waals surface area contributed by atoms with E-state index in [1.165, 1.54) is 127 Å². The average molecular weight is 907 g/mol. The van der Waals surface area contributed by atoms with Crippen molar-refractivity contribution in [2.75, 3.05) is 0 Å². The summed E-state index contributed by atoms with van der Waals surface area (Å²) >= 11 is 0. The molecule has 4 rings (SSSR count). The quantitative estimate of drug-likeness (QED) is 0.0317. The van der Waals surface area contributed by atoms with Crippen molar-refractivity contribution >= 4 is 58.0 Å². The van der Waals surface area contributed by atoms with Crippen molar-refractivity contribution < 1.29 is 45.6 Å². The van der Waals surface area contributed by atoms with Gasteiger partial charge >= 0.3 is 37.7 Å². The predicted molar refractivity (Wildman–Crippen MR) is 242 cm³/mol. The zero-order valence-corrected chi connectivity index (χ0v) is 40.2. The number of rotatable bonds is 28. The molecule has 0 radical (unpaired) electrons. The molecule has 0 fully saturated rings. The van der Waals surface area contributed by atoms with E-state index in [9.17, 15) is 31.6 Å². The summed E-state index contributed by atoms with van der Waals surface area (Å²) in [5.74, 6) is 0.432. The maximum atomic E-state index is 12.1. The van der Waals surface area contributed by atoms with Crippen molar-refractivity contribution in [3.8, 4) is 34.5 Å². The first-order valence-corrected chi connectivity index (χ1v) is 24.8. The molecule has 0 aromatic heterocycles. The zero-order valence-electron chi connectivity index (χ0n) is 36.3. The Balaban J connectivity index is 0.000000413. The minimum atomic E-state index is -4.66. The van der Waals surface area contributed by atoms with E-state index in [4.69, 9.17) is 14.0 Å². The van der Waals surface area contributed by atoms with Gasteiger partial charge in [-0.25, -0.2) is 8.42 Å². The van der Waals surface area contributed by atoms with Crippen molar-refractivity contribution in [2.45, 2.75) is 165 Å². The number of para-hydroxylation sites is 2. The standard InChI is InChI=1S/2C24H34O5S.Ca/c2*1-2-3-4-5-6-7-8-9-10-11-14-20-15-12-13-16-23(20)29-24-18-17-21(19-22(24)25)30(26,27)28;/h2*12-13,15-19,25H,2-11,14H2,1H3,(H,26,27,28);/q;;+2/p-2. The van der Waals surface area contributed by atoms with Crippen LogP contribution >= 0.6 is 0 Å². The Hall–Kier alpha value is -2.84. The summed E-state index contributed by atoms with van der Waals surface area (Å²) in [6.07, 6.45) is 27.2. The van der Waals surface area contributed by atoms with Gasteiger partial charge in [-0.1, -0.05) is 172 Å². The molecule has 0 amide bonds. The first kappa shape index (κ1) is 54.3. The van der Waals surface area contributed by atoms with E-state index in [0.717, 1.165) is 61.4 Å². The van der Waals surface area contributed by atoms with Crippen LogP contribution < -0.4 is 14.6 Å². The predicted octanol–water partition coefficient (Wildman–Crippen LogP) is 12.4. The number of ether oxygens (including phenoxy) is 2. The molecule has 0 bridgehead atoms. The molecule has 0 spiro atoms. The van der Waals surface area contributed by atoms with Crippen molar-refractivity contribution in [1.82, 2.24) is 0 Å². The average Bonchev–Trinajstić information content (AvgIpc) is 3.21. The van der Waals surface area contributed by atoms with E-state index >= 15 is 0 Å². The molecule has 2 N–H and O–H groups in total. The molecule has 0 aliphatic carbocycles. The van der Waals surface area contributed by atoms with Gasteiger partial charge in [0.2, 0.25) is 0 Å². The van der Waals surface area contributed by atoms with Gasteiger partial charge in [-0.05, 0) is 79.3 Å². The number of aromatic hydroxyl groups is 1. The molecule has 61 heavy (non-hydrogen) atoms. The first-order chi connectivity index (χ1) is 28.8. The van der Waals surface area contributed by atoms with Gasteiger partial charge in [-0.3, -0.25) is 4.55 Å². The molecule has 0 heterocycles. The molecular formula is C48H66CaO10S2. The number of hydrogen-bond donors (Lipinski definition) is 2. The van der Waals surface area contributed by atoms with Crippen molar-refractivity contribution in [3.63, 3.8) is 0 Å². The smallest absolute Gasteiger partial charge is 0.870 e. The minimum absolute atomic E-state index is 0. The second kappa shape index (κ2) is 30.3. The number of phenolic OH excluding ortho intramolecular Hbond substituents is 1. The maximum Gasteiger partial charge on any atom is 2.00 e. The third-order valence-electron chi connectivity index (χ3n) is 10.4. The fourth-order valence-corrected chi connectivity index (χ4v) is 7.92. The van der Waals surface area contributed by atoms with E-state index in [0.29, 0.717) is 11.5 Å². The maximum absolute atomic E-state index is 12.1. The van der Waals surface area contributed by atoms with Crippen LogP contribution in [0.5, 0.6) is 34.5 Å². The van der Waals surface area contributed by atoms with Crippen LogP contribution in [0, 0.1) is 0 Å². The van der Waals surface area contributed by atoms with Gasteiger partial charge < -0.3 is 24.2 Å². The molecule has 0 atom stereocenters. The van der Waals surface area contributed by atoms with Crippen LogP contribution in [0.25, 0.3) is 0 Å². The zero-order chi connectivity index (χ0) is 43.6. The van der Waals surface area contributed by atoms with Crippen molar-refractivity contribution in [2.24, 2.45) is 0 Å². The monoisotopic (exact) mass is 906 g/mol. The van der Waals surface area contributed by atoms with Crippen LogP contribution in [0.2, 0.25) is 0 Å². The second-order valence-electron chi connectivity index (χ2n) is 15.5. The Morgan fingerprint density at radius 2 is 0.869 bits per heavy atom. The molecule has 10 nitrogen and oxygen atoms in total. The second-order valence-corrected chi connectivity index (χ2v) is 18.3. The third-order valence-corrected chi connectivity index (χ3v) is 12.1. The summed E-state index contributed by atoms with van der Waals surface area (Å²) in [4.78, 5) is -0.913. The summed E-state index contributed by atoms with van der Waals surface area (Å²) in [5, 5.41) is 22.2. The Labute approximate surface area is 396 Å². The van der Waals surface area contributed by atoms with Crippen molar-refractivity contribution in [1.29, 1.82) is 0 Å². The molecule has 4 aromatic rings. The molecule has 0 saturated heterocycles. The molecule has 13 heteroatoms.